The van der Waals surface area contributed by atoms with Gasteiger partial charge in [-0.2, -0.15) is 0 Å². The molecule has 1 unspecified atom stereocenters. The number of benzene rings is 1. The molecule has 0 heterocycles. The van der Waals surface area contributed by atoms with Crippen LogP contribution in [0.3, 0.4) is 0 Å². The van der Waals surface area contributed by atoms with Crippen molar-refractivity contribution in [3.8, 4) is 11.5 Å². The molecule has 104 valence electrons. The Balaban J connectivity index is 3.13. The Hall–Kier alpha value is -1.36. The molecule has 0 aliphatic rings. The van der Waals surface area contributed by atoms with Crippen LogP contribution in [0.1, 0.15) is 30.6 Å². The van der Waals surface area contributed by atoms with E-state index in [0.717, 1.165) is 0 Å². The van der Waals surface area contributed by atoms with E-state index < -0.39 is 0 Å². The van der Waals surface area contributed by atoms with E-state index in [2.05, 4.69) is 15.9 Å². The van der Waals surface area contributed by atoms with Crippen molar-refractivity contribution in [2.75, 3.05) is 14.2 Å². The van der Waals surface area contributed by atoms with Crippen LogP contribution in [0, 0.1) is 5.92 Å². The molecular formula is C14H17BrO4. The quantitative estimate of drug-likeness (QED) is 0.752. The summed E-state index contributed by atoms with van der Waals surface area (Å²) in [6, 6.07) is 3.31. The summed E-state index contributed by atoms with van der Waals surface area (Å²) in [5.74, 6) is 0.585. The van der Waals surface area contributed by atoms with Gasteiger partial charge in [-0.3, -0.25) is 4.79 Å². The molecule has 19 heavy (non-hydrogen) atoms. The van der Waals surface area contributed by atoms with Gasteiger partial charge in [0.25, 0.3) is 0 Å². The van der Waals surface area contributed by atoms with Gasteiger partial charge >= 0.3 is 0 Å². The van der Waals surface area contributed by atoms with E-state index >= 15 is 0 Å². The minimum Gasteiger partial charge on any atom is -0.493 e. The first-order valence-corrected chi connectivity index (χ1v) is 6.65. The third-order valence-corrected chi connectivity index (χ3v) is 3.44. The Morgan fingerprint density at radius 2 is 1.74 bits per heavy atom. The van der Waals surface area contributed by atoms with Crippen LogP contribution in [0.4, 0.5) is 0 Å². The van der Waals surface area contributed by atoms with E-state index in [4.69, 9.17) is 9.47 Å². The summed E-state index contributed by atoms with van der Waals surface area (Å²) in [5.41, 5.74) is 0.492. The Bertz CT molecular complexity index is 496. The Labute approximate surface area is 121 Å². The van der Waals surface area contributed by atoms with Crippen molar-refractivity contribution in [1.82, 2.24) is 0 Å². The third-order valence-electron chi connectivity index (χ3n) is 2.78. The lowest BCUT2D eigenvalue weighted by Crippen LogP contribution is -2.15. The standard InChI is InChI=1S/C14H17BrO4/c1-8(5-9(2)16)14(17)10-6-12(18-3)13(19-4)7-11(10)15/h6-8H,5H2,1-4H3. The smallest absolute Gasteiger partial charge is 0.167 e. The minimum absolute atomic E-state index is 0.00236. The maximum absolute atomic E-state index is 12.3. The van der Waals surface area contributed by atoms with Crippen molar-refractivity contribution >= 4 is 27.5 Å². The number of hydrogen-bond acceptors (Lipinski definition) is 4. The maximum Gasteiger partial charge on any atom is 0.167 e. The summed E-state index contributed by atoms with van der Waals surface area (Å²) >= 11 is 3.35. The number of carbonyl (C=O) groups excluding carboxylic acids is 2. The van der Waals surface area contributed by atoms with E-state index in [1.165, 1.54) is 21.1 Å². The molecule has 4 nitrogen and oxygen atoms in total. The first-order valence-electron chi connectivity index (χ1n) is 5.85. The lowest BCUT2D eigenvalue weighted by atomic mass is 9.95. The predicted molar refractivity (Wildman–Crippen MR) is 76.0 cm³/mol. The molecule has 0 bridgehead atoms. The summed E-state index contributed by atoms with van der Waals surface area (Å²) in [5, 5.41) is 0. The number of carbonyl (C=O) groups is 2. The van der Waals surface area contributed by atoms with Crippen LogP contribution in [0.25, 0.3) is 0 Å². The maximum atomic E-state index is 12.3. The van der Waals surface area contributed by atoms with E-state index in [0.29, 0.717) is 21.5 Å². The van der Waals surface area contributed by atoms with Gasteiger partial charge in [0.05, 0.1) is 14.2 Å². The molecule has 0 aliphatic heterocycles. The van der Waals surface area contributed by atoms with Crippen LogP contribution < -0.4 is 9.47 Å². The zero-order valence-electron chi connectivity index (χ0n) is 11.5. The molecule has 0 fully saturated rings. The number of ketones is 2. The van der Waals surface area contributed by atoms with Crippen LogP contribution in [-0.4, -0.2) is 25.8 Å². The largest absolute Gasteiger partial charge is 0.493 e. The molecular weight excluding hydrogens is 312 g/mol. The normalized spacial score (nSPS) is 11.8. The molecule has 0 aliphatic carbocycles. The topological polar surface area (TPSA) is 52.6 Å². The fourth-order valence-corrected chi connectivity index (χ4v) is 2.35. The summed E-state index contributed by atoms with van der Waals surface area (Å²) in [6.45, 7) is 3.22. The van der Waals surface area contributed by atoms with Crippen molar-refractivity contribution < 1.29 is 19.1 Å². The SMILES string of the molecule is COc1cc(Br)c(C(=O)C(C)CC(C)=O)cc1OC. The summed E-state index contributed by atoms with van der Waals surface area (Å²) in [7, 11) is 3.04. The second-order valence-corrected chi connectivity index (χ2v) is 5.21. The van der Waals surface area contributed by atoms with Crippen LogP contribution >= 0.6 is 15.9 Å². The van der Waals surface area contributed by atoms with Crippen molar-refractivity contribution in [3.05, 3.63) is 22.2 Å². The van der Waals surface area contributed by atoms with Crippen LogP contribution in [0.15, 0.2) is 16.6 Å². The van der Waals surface area contributed by atoms with Gasteiger partial charge in [-0.05, 0) is 35.0 Å². The van der Waals surface area contributed by atoms with E-state index in [-0.39, 0.29) is 23.9 Å². The van der Waals surface area contributed by atoms with Crippen LogP contribution in [0.5, 0.6) is 11.5 Å². The second-order valence-electron chi connectivity index (χ2n) is 4.36. The van der Waals surface area contributed by atoms with Gasteiger partial charge in [-0.25, -0.2) is 0 Å². The second kappa shape index (κ2) is 6.70. The van der Waals surface area contributed by atoms with Gasteiger partial charge in [0.15, 0.2) is 17.3 Å². The highest BCUT2D eigenvalue weighted by molar-refractivity contribution is 9.10. The average molecular weight is 329 g/mol. The van der Waals surface area contributed by atoms with Gasteiger partial charge in [0, 0.05) is 22.4 Å². The molecule has 1 rings (SSSR count). The Kier molecular flexibility index (Phi) is 5.54. The van der Waals surface area contributed by atoms with Gasteiger partial charge in [0.1, 0.15) is 5.78 Å². The molecule has 0 N–H and O–H groups in total. The molecule has 0 aromatic heterocycles. The highest BCUT2D eigenvalue weighted by Gasteiger charge is 2.21. The van der Waals surface area contributed by atoms with Crippen LogP contribution in [0.2, 0.25) is 0 Å². The van der Waals surface area contributed by atoms with Gasteiger partial charge in [0.2, 0.25) is 0 Å². The number of Topliss-reactive ketones (excluding diaryl/α,β-unsaturated/α-hetero) is 2. The van der Waals surface area contributed by atoms with Crippen molar-refractivity contribution in [2.24, 2.45) is 5.92 Å². The fraction of sp³-hybridized carbons (Fsp3) is 0.429. The molecule has 1 aromatic rings. The molecule has 0 amide bonds. The van der Waals surface area contributed by atoms with Gasteiger partial charge in [-0.15, -0.1) is 0 Å². The van der Waals surface area contributed by atoms with E-state index in [1.54, 1.807) is 19.1 Å². The lowest BCUT2D eigenvalue weighted by molar-refractivity contribution is -0.117. The van der Waals surface area contributed by atoms with Crippen molar-refractivity contribution in [2.45, 2.75) is 20.3 Å². The zero-order valence-corrected chi connectivity index (χ0v) is 13.0. The third kappa shape index (κ3) is 3.80. The molecule has 0 saturated heterocycles. The minimum atomic E-state index is -0.355. The lowest BCUT2D eigenvalue weighted by Gasteiger charge is -2.14. The monoisotopic (exact) mass is 328 g/mol. The number of methoxy groups -OCH3 is 2. The molecule has 0 spiro atoms. The fourth-order valence-electron chi connectivity index (χ4n) is 1.83. The molecule has 1 aromatic carbocycles. The van der Waals surface area contributed by atoms with Gasteiger partial charge in [-0.1, -0.05) is 6.92 Å². The average Bonchev–Trinajstić information content (AvgIpc) is 2.36. The molecule has 5 heteroatoms. The molecule has 1 atom stereocenters. The van der Waals surface area contributed by atoms with Crippen molar-refractivity contribution in [3.63, 3.8) is 0 Å². The van der Waals surface area contributed by atoms with Crippen LogP contribution in [-0.2, 0) is 4.79 Å². The van der Waals surface area contributed by atoms with E-state index in [9.17, 15) is 9.59 Å². The Morgan fingerprint density at radius 3 is 2.21 bits per heavy atom. The number of hydrogen-bond donors (Lipinski definition) is 0. The molecule has 0 saturated carbocycles. The number of halogens is 1. The predicted octanol–water partition coefficient (Wildman–Crippen LogP) is 3.26. The number of rotatable bonds is 6. The first-order chi connectivity index (χ1) is 8.90. The number of ether oxygens (including phenoxy) is 2. The summed E-state index contributed by atoms with van der Waals surface area (Å²) in [6.07, 6.45) is 0.236. The summed E-state index contributed by atoms with van der Waals surface area (Å²) < 4.78 is 11.0. The van der Waals surface area contributed by atoms with Gasteiger partial charge < -0.3 is 14.3 Å². The Morgan fingerprint density at radius 1 is 1.21 bits per heavy atom. The zero-order chi connectivity index (χ0) is 14.6. The molecule has 0 radical (unpaired) electrons. The van der Waals surface area contributed by atoms with E-state index in [1.807, 2.05) is 0 Å². The highest BCUT2D eigenvalue weighted by atomic mass is 79.9. The van der Waals surface area contributed by atoms with Crippen molar-refractivity contribution in [1.29, 1.82) is 0 Å². The summed E-state index contributed by atoms with van der Waals surface area (Å²) in [4.78, 5) is 23.4. The highest BCUT2D eigenvalue weighted by Crippen LogP contribution is 2.34. The first kappa shape index (κ1) is 15.7.